The summed E-state index contributed by atoms with van der Waals surface area (Å²) in [5, 5.41) is 9.26. The SMILES string of the molecule is CCCSC=Cc1cc(CC)[nH]n1. The third-order valence-electron chi connectivity index (χ3n) is 1.69. The van der Waals surface area contributed by atoms with Crippen molar-refractivity contribution in [2.75, 3.05) is 5.75 Å². The number of H-pyrrole nitrogens is 1. The first-order chi connectivity index (χ1) is 6.36. The normalized spacial score (nSPS) is 11.2. The molecule has 0 bridgehead atoms. The second-order valence-corrected chi connectivity index (χ2v) is 3.86. The van der Waals surface area contributed by atoms with E-state index in [1.807, 2.05) is 11.8 Å². The van der Waals surface area contributed by atoms with Gasteiger partial charge in [0, 0.05) is 5.69 Å². The lowest BCUT2D eigenvalue weighted by atomic mass is 10.3. The Morgan fingerprint density at radius 2 is 2.38 bits per heavy atom. The minimum Gasteiger partial charge on any atom is -0.282 e. The molecule has 0 saturated heterocycles. The highest BCUT2D eigenvalue weighted by Crippen LogP contribution is 2.08. The minimum absolute atomic E-state index is 1.02. The van der Waals surface area contributed by atoms with E-state index in [4.69, 9.17) is 0 Å². The van der Waals surface area contributed by atoms with Gasteiger partial charge in [0.2, 0.25) is 0 Å². The average molecular weight is 196 g/mol. The molecule has 0 saturated carbocycles. The molecule has 1 heterocycles. The van der Waals surface area contributed by atoms with Crippen molar-refractivity contribution < 1.29 is 0 Å². The van der Waals surface area contributed by atoms with Gasteiger partial charge in [0.25, 0.3) is 0 Å². The predicted octanol–water partition coefficient (Wildman–Crippen LogP) is 3.09. The van der Waals surface area contributed by atoms with Crippen LogP contribution in [0.4, 0.5) is 0 Å². The smallest absolute Gasteiger partial charge is 0.0856 e. The van der Waals surface area contributed by atoms with Crippen LogP contribution in [0.5, 0.6) is 0 Å². The van der Waals surface area contributed by atoms with Crippen LogP contribution in [-0.2, 0) is 6.42 Å². The van der Waals surface area contributed by atoms with Crippen molar-refractivity contribution >= 4 is 17.8 Å². The van der Waals surface area contributed by atoms with Crippen molar-refractivity contribution in [1.29, 1.82) is 0 Å². The topological polar surface area (TPSA) is 28.7 Å². The first-order valence-corrected chi connectivity index (χ1v) is 5.74. The lowest BCUT2D eigenvalue weighted by Crippen LogP contribution is -1.76. The van der Waals surface area contributed by atoms with Crippen molar-refractivity contribution in [1.82, 2.24) is 10.2 Å². The van der Waals surface area contributed by atoms with E-state index in [0.29, 0.717) is 0 Å². The van der Waals surface area contributed by atoms with Crippen LogP contribution in [0.2, 0.25) is 0 Å². The maximum atomic E-state index is 4.16. The van der Waals surface area contributed by atoms with Crippen LogP contribution in [0, 0.1) is 0 Å². The molecule has 0 radical (unpaired) electrons. The zero-order chi connectivity index (χ0) is 9.52. The third kappa shape index (κ3) is 3.68. The van der Waals surface area contributed by atoms with Gasteiger partial charge in [0.15, 0.2) is 0 Å². The van der Waals surface area contributed by atoms with Crippen LogP contribution in [0.3, 0.4) is 0 Å². The third-order valence-corrected chi connectivity index (χ3v) is 2.66. The molecule has 0 fully saturated rings. The molecule has 0 aliphatic rings. The summed E-state index contributed by atoms with van der Waals surface area (Å²) in [7, 11) is 0. The summed E-state index contributed by atoms with van der Waals surface area (Å²) >= 11 is 1.83. The lowest BCUT2D eigenvalue weighted by molar-refractivity contribution is 0.972. The maximum absolute atomic E-state index is 4.16. The molecule has 2 nitrogen and oxygen atoms in total. The zero-order valence-corrected chi connectivity index (χ0v) is 9.03. The highest BCUT2D eigenvalue weighted by molar-refractivity contribution is 8.02. The average Bonchev–Trinajstić information content (AvgIpc) is 2.60. The molecule has 0 aliphatic carbocycles. The summed E-state index contributed by atoms with van der Waals surface area (Å²) in [6, 6.07) is 2.09. The Balaban J connectivity index is 2.39. The number of nitrogens with zero attached hydrogens (tertiary/aromatic N) is 1. The van der Waals surface area contributed by atoms with Crippen LogP contribution in [0.25, 0.3) is 6.08 Å². The van der Waals surface area contributed by atoms with Gasteiger partial charge < -0.3 is 0 Å². The molecule has 3 heteroatoms. The minimum atomic E-state index is 1.02. The van der Waals surface area contributed by atoms with Crippen LogP contribution in [0.1, 0.15) is 31.7 Å². The summed E-state index contributed by atoms with van der Waals surface area (Å²) in [4.78, 5) is 0. The van der Waals surface area contributed by atoms with Gasteiger partial charge in [-0.1, -0.05) is 13.8 Å². The Labute approximate surface area is 83.8 Å². The second kappa shape index (κ2) is 5.86. The molecule has 0 amide bonds. The molecule has 13 heavy (non-hydrogen) atoms. The molecule has 1 aromatic rings. The van der Waals surface area contributed by atoms with E-state index in [-0.39, 0.29) is 0 Å². The van der Waals surface area contributed by atoms with Crippen LogP contribution < -0.4 is 0 Å². The highest BCUT2D eigenvalue weighted by Gasteiger charge is 1.93. The Bertz CT molecular complexity index is 266. The Morgan fingerprint density at radius 3 is 3.00 bits per heavy atom. The Hall–Kier alpha value is -0.700. The van der Waals surface area contributed by atoms with Crippen LogP contribution in [0.15, 0.2) is 11.5 Å². The lowest BCUT2D eigenvalue weighted by Gasteiger charge is -1.86. The molecule has 0 aromatic carbocycles. The zero-order valence-electron chi connectivity index (χ0n) is 8.21. The van der Waals surface area contributed by atoms with Gasteiger partial charge in [-0.2, -0.15) is 5.10 Å². The number of rotatable bonds is 5. The summed E-state index contributed by atoms with van der Waals surface area (Å²) in [6.07, 6.45) is 4.29. The summed E-state index contributed by atoms with van der Waals surface area (Å²) in [5.74, 6) is 1.18. The summed E-state index contributed by atoms with van der Waals surface area (Å²) < 4.78 is 0. The molecule has 0 spiro atoms. The van der Waals surface area contributed by atoms with Crippen LogP contribution in [-0.4, -0.2) is 16.0 Å². The van der Waals surface area contributed by atoms with Crippen molar-refractivity contribution in [2.45, 2.75) is 26.7 Å². The van der Waals surface area contributed by atoms with Gasteiger partial charge in [0.05, 0.1) is 5.69 Å². The maximum Gasteiger partial charge on any atom is 0.0856 e. The largest absolute Gasteiger partial charge is 0.282 e. The highest BCUT2D eigenvalue weighted by atomic mass is 32.2. The van der Waals surface area contributed by atoms with E-state index in [9.17, 15) is 0 Å². The standard InChI is InChI=1S/C10H16N2S/c1-3-6-13-7-5-10-8-9(4-2)11-12-10/h5,7-8H,3-4,6H2,1-2H3,(H,11,12). The quantitative estimate of drug-likeness (QED) is 0.733. The predicted molar refractivity (Wildman–Crippen MR) is 59.7 cm³/mol. The van der Waals surface area contributed by atoms with Gasteiger partial charge in [-0.05, 0) is 36.1 Å². The van der Waals surface area contributed by atoms with Gasteiger partial charge in [0.1, 0.15) is 0 Å². The fraction of sp³-hybridized carbons (Fsp3) is 0.500. The van der Waals surface area contributed by atoms with Crippen molar-refractivity contribution in [3.63, 3.8) is 0 Å². The molecular formula is C10H16N2S. The fourth-order valence-electron chi connectivity index (χ4n) is 0.950. The van der Waals surface area contributed by atoms with Crippen LogP contribution >= 0.6 is 11.8 Å². The van der Waals surface area contributed by atoms with E-state index >= 15 is 0 Å². The monoisotopic (exact) mass is 196 g/mol. The molecule has 0 unspecified atom stereocenters. The number of thioether (sulfide) groups is 1. The molecule has 1 N–H and O–H groups in total. The van der Waals surface area contributed by atoms with E-state index in [1.165, 1.54) is 17.9 Å². The number of hydrogen-bond acceptors (Lipinski definition) is 2. The fourth-order valence-corrected chi connectivity index (χ4v) is 1.56. The van der Waals surface area contributed by atoms with Crippen molar-refractivity contribution in [3.8, 4) is 0 Å². The van der Waals surface area contributed by atoms with Gasteiger partial charge >= 0.3 is 0 Å². The molecular weight excluding hydrogens is 180 g/mol. The molecule has 0 aliphatic heterocycles. The first-order valence-electron chi connectivity index (χ1n) is 4.69. The van der Waals surface area contributed by atoms with Gasteiger partial charge in [-0.15, -0.1) is 11.8 Å². The van der Waals surface area contributed by atoms with E-state index in [2.05, 4.69) is 41.6 Å². The first kappa shape index (κ1) is 10.4. The second-order valence-electron chi connectivity index (χ2n) is 2.85. The summed E-state index contributed by atoms with van der Waals surface area (Å²) in [6.45, 7) is 4.30. The number of hydrogen-bond donors (Lipinski definition) is 1. The van der Waals surface area contributed by atoms with E-state index in [0.717, 1.165) is 12.1 Å². The van der Waals surface area contributed by atoms with E-state index in [1.54, 1.807) is 0 Å². The van der Waals surface area contributed by atoms with Gasteiger partial charge in [-0.25, -0.2) is 0 Å². The molecule has 0 atom stereocenters. The Kier molecular flexibility index (Phi) is 4.68. The molecule has 1 aromatic heterocycles. The van der Waals surface area contributed by atoms with Crippen molar-refractivity contribution in [2.24, 2.45) is 0 Å². The number of nitrogens with one attached hydrogen (secondary N) is 1. The molecule has 72 valence electrons. The number of aryl methyl sites for hydroxylation is 1. The molecule has 1 rings (SSSR count). The Morgan fingerprint density at radius 1 is 1.54 bits per heavy atom. The number of aromatic nitrogens is 2. The van der Waals surface area contributed by atoms with Crippen molar-refractivity contribution in [3.05, 3.63) is 22.9 Å². The summed E-state index contributed by atoms with van der Waals surface area (Å²) in [5.41, 5.74) is 2.22. The van der Waals surface area contributed by atoms with E-state index < -0.39 is 0 Å². The van der Waals surface area contributed by atoms with Gasteiger partial charge in [-0.3, -0.25) is 5.10 Å². The number of aromatic amines is 1.